The maximum atomic E-state index is 2.55. The molecule has 0 bridgehead atoms. The first-order valence-corrected chi connectivity index (χ1v) is 20.9. The Morgan fingerprint density at radius 2 is 0.883 bits per heavy atom. The molecule has 10 aromatic rings. The quantitative estimate of drug-likeness (QED) is 0.160. The largest absolute Gasteiger partial charge is 0.310 e. The van der Waals surface area contributed by atoms with Gasteiger partial charge in [-0.3, -0.25) is 0 Å². The summed E-state index contributed by atoms with van der Waals surface area (Å²) in [6.45, 7) is 4.76. The maximum Gasteiger partial charge on any atom is 0.0619 e. The van der Waals surface area contributed by atoms with Crippen LogP contribution in [0.5, 0.6) is 0 Å². The Balaban J connectivity index is 1.10. The second-order valence-corrected chi connectivity index (χ2v) is 16.6. The second kappa shape index (κ2) is 13.2. The van der Waals surface area contributed by atoms with Crippen molar-refractivity contribution in [3.63, 3.8) is 0 Å². The summed E-state index contributed by atoms with van der Waals surface area (Å²) in [5, 5.41) is 2.49. The van der Waals surface area contributed by atoms with Crippen LogP contribution in [0.4, 0.5) is 34.1 Å². The lowest BCUT2D eigenvalue weighted by Gasteiger charge is -2.29. The molecule has 0 radical (unpaired) electrons. The van der Waals surface area contributed by atoms with Crippen LogP contribution in [0.15, 0.2) is 212 Å². The van der Waals surface area contributed by atoms with E-state index >= 15 is 0 Å². The van der Waals surface area contributed by atoms with Gasteiger partial charge in [0.2, 0.25) is 0 Å². The van der Waals surface area contributed by atoms with Crippen molar-refractivity contribution in [3.8, 4) is 39.1 Å². The minimum atomic E-state index is -0.0852. The van der Waals surface area contributed by atoms with Gasteiger partial charge in [0.25, 0.3) is 0 Å². The van der Waals surface area contributed by atoms with Crippen molar-refractivity contribution in [2.24, 2.45) is 0 Å². The predicted molar refractivity (Wildman–Crippen MR) is 252 cm³/mol. The first kappa shape index (κ1) is 34.4. The summed E-state index contributed by atoms with van der Waals surface area (Å²) in [6.07, 6.45) is 0. The van der Waals surface area contributed by atoms with Gasteiger partial charge in [0.15, 0.2) is 0 Å². The maximum absolute atomic E-state index is 2.55. The number of benzene rings is 9. The van der Waals surface area contributed by atoms with E-state index in [0.29, 0.717) is 0 Å². The summed E-state index contributed by atoms with van der Waals surface area (Å²) in [7, 11) is 0. The molecule has 60 heavy (non-hydrogen) atoms. The molecule has 0 saturated carbocycles. The zero-order valence-corrected chi connectivity index (χ0v) is 33.5. The monoisotopic (exact) mass is 767 g/mol. The average Bonchev–Trinajstić information content (AvgIpc) is 3.71. The van der Waals surface area contributed by atoms with E-state index in [1.165, 1.54) is 72.0 Å². The van der Waals surface area contributed by atoms with Crippen molar-refractivity contribution >= 4 is 55.9 Å². The lowest BCUT2D eigenvalue weighted by atomic mass is 9.82. The van der Waals surface area contributed by atoms with Gasteiger partial charge in [0, 0.05) is 61.4 Å². The molecule has 0 N–H and O–H groups in total. The minimum Gasteiger partial charge on any atom is -0.310 e. The van der Waals surface area contributed by atoms with Gasteiger partial charge in [-0.25, -0.2) is 0 Å². The fourth-order valence-corrected chi connectivity index (χ4v) is 10.2. The van der Waals surface area contributed by atoms with E-state index in [2.05, 4.69) is 241 Å². The van der Waals surface area contributed by atoms with Gasteiger partial charge in [-0.15, -0.1) is 0 Å². The third-order valence-corrected chi connectivity index (χ3v) is 12.9. The molecule has 3 nitrogen and oxygen atoms in total. The minimum absolute atomic E-state index is 0.0852. The smallest absolute Gasteiger partial charge is 0.0619 e. The summed E-state index contributed by atoms with van der Waals surface area (Å²) in [6, 6.07) is 77.7. The number of hydrogen-bond acceptors (Lipinski definition) is 2. The number of anilines is 6. The topological polar surface area (TPSA) is 11.4 Å². The molecule has 1 aliphatic carbocycles. The molecule has 284 valence electrons. The average molecular weight is 768 g/mol. The number of nitrogens with zero attached hydrogens (tertiary/aromatic N) is 3. The standard InChI is InChI=1S/C57H41N3/c1-57(2)50-30-15-27-46-47-28-14-29-48-49-37-45(33-34-52(49)60(56(47)48)53-32-16-31-51(57)55(53)54(46)50)59(42-24-12-19-39(35-42)38-17-6-3-7-18-38)44-26-13-25-43(36-44)58(40-20-8-4-9-21-40)41-22-10-5-11-23-41/h3-37H,1-2H3. The van der Waals surface area contributed by atoms with E-state index in [1.807, 2.05) is 0 Å². The van der Waals surface area contributed by atoms with E-state index in [1.54, 1.807) is 0 Å². The van der Waals surface area contributed by atoms with Crippen LogP contribution in [0.1, 0.15) is 25.0 Å². The van der Waals surface area contributed by atoms with E-state index in [0.717, 1.165) is 34.1 Å². The zero-order valence-electron chi connectivity index (χ0n) is 33.5. The molecule has 1 aromatic heterocycles. The van der Waals surface area contributed by atoms with Crippen LogP contribution >= 0.6 is 0 Å². The van der Waals surface area contributed by atoms with Crippen LogP contribution in [0, 0.1) is 0 Å². The Labute approximate surface area is 350 Å². The number of hydrogen-bond donors (Lipinski definition) is 0. The molecule has 2 heterocycles. The van der Waals surface area contributed by atoms with Gasteiger partial charge in [-0.05, 0) is 112 Å². The fourth-order valence-electron chi connectivity index (χ4n) is 10.2. The molecule has 3 heteroatoms. The molecule has 2 aliphatic rings. The molecule has 1 aliphatic heterocycles. The van der Waals surface area contributed by atoms with Crippen molar-refractivity contribution in [2.75, 3.05) is 9.80 Å². The Hall–Kier alpha value is -7.62. The van der Waals surface area contributed by atoms with E-state index in [9.17, 15) is 0 Å². The van der Waals surface area contributed by atoms with Gasteiger partial charge in [-0.2, -0.15) is 0 Å². The van der Waals surface area contributed by atoms with Crippen LogP contribution in [-0.4, -0.2) is 4.57 Å². The molecule has 0 amide bonds. The summed E-state index contributed by atoms with van der Waals surface area (Å²) in [5.41, 5.74) is 20.7. The SMILES string of the molecule is CC1(C)c2cccc3c2-c2c(cccc21)-n1c2ccc(N(c4cccc(-c5ccccc5)c4)c4cccc(N(c5ccccc5)c5ccccc5)c4)cc2c2cccc-3c21. The highest BCUT2D eigenvalue weighted by atomic mass is 15.2. The van der Waals surface area contributed by atoms with Crippen LogP contribution in [0.2, 0.25) is 0 Å². The first-order chi connectivity index (χ1) is 29.5. The predicted octanol–water partition coefficient (Wildman–Crippen LogP) is 15.7. The van der Waals surface area contributed by atoms with Crippen LogP contribution in [0.25, 0.3) is 60.9 Å². The molecule has 0 atom stereocenters. The molecular formula is C57H41N3. The highest BCUT2D eigenvalue weighted by Gasteiger charge is 2.40. The van der Waals surface area contributed by atoms with E-state index in [-0.39, 0.29) is 5.41 Å². The van der Waals surface area contributed by atoms with Crippen molar-refractivity contribution in [1.29, 1.82) is 0 Å². The third kappa shape index (κ3) is 5.09. The van der Waals surface area contributed by atoms with Crippen molar-refractivity contribution in [3.05, 3.63) is 223 Å². The fraction of sp³-hybridized carbons (Fsp3) is 0.0526. The number of aromatic nitrogens is 1. The van der Waals surface area contributed by atoms with Gasteiger partial charge >= 0.3 is 0 Å². The lowest BCUT2D eigenvalue weighted by Crippen LogP contribution is -2.15. The van der Waals surface area contributed by atoms with Gasteiger partial charge in [0.1, 0.15) is 0 Å². The zero-order chi connectivity index (χ0) is 40.0. The van der Waals surface area contributed by atoms with Crippen LogP contribution < -0.4 is 9.80 Å². The molecule has 9 aromatic carbocycles. The summed E-state index contributed by atoms with van der Waals surface area (Å²) >= 11 is 0. The van der Waals surface area contributed by atoms with Gasteiger partial charge in [0.05, 0.1) is 16.7 Å². The Kier molecular flexibility index (Phi) is 7.58. The first-order valence-electron chi connectivity index (χ1n) is 20.9. The molecular weight excluding hydrogens is 727 g/mol. The normalized spacial score (nSPS) is 13.0. The van der Waals surface area contributed by atoms with Gasteiger partial charge < -0.3 is 14.4 Å². The highest BCUT2D eigenvalue weighted by Crippen LogP contribution is 2.57. The van der Waals surface area contributed by atoms with Crippen LogP contribution in [0.3, 0.4) is 0 Å². The molecule has 0 unspecified atom stereocenters. The molecule has 0 spiro atoms. The summed E-state index contributed by atoms with van der Waals surface area (Å²) < 4.78 is 2.55. The van der Waals surface area contributed by atoms with Crippen molar-refractivity contribution in [1.82, 2.24) is 4.57 Å². The van der Waals surface area contributed by atoms with E-state index in [4.69, 9.17) is 0 Å². The summed E-state index contributed by atoms with van der Waals surface area (Å²) in [4.78, 5) is 4.76. The van der Waals surface area contributed by atoms with E-state index < -0.39 is 0 Å². The van der Waals surface area contributed by atoms with Gasteiger partial charge in [-0.1, -0.05) is 147 Å². The Morgan fingerprint density at radius 1 is 0.367 bits per heavy atom. The number of para-hydroxylation sites is 3. The van der Waals surface area contributed by atoms with Crippen LogP contribution in [-0.2, 0) is 5.41 Å². The second-order valence-electron chi connectivity index (χ2n) is 16.6. The molecule has 0 fully saturated rings. The highest BCUT2D eigenvalue weighted by molar-refractivity contribution is 6.18. The number of rotatable bonds is 7. The molecule has 0 saturated heterocycles. The molecule has 12 rings (SSSR count). The summed E-state index contributed by atoms with van der Waals surface area (Å²) in [5.74, 6) is 0. The van der Waals surface area contributed by atoms with Crippen molar-refractivity contribution in [2.45, 2.75) is 19.3 Å². The van der Waals surface area contributed by atoms with Crippen molar-refractivity contribution < 1.29 is 0 Å². The Bertz CT molecular complexity index is 3250. The third-order valence-electron chi connectivity index (χ3n) is 12.9. The lowest BCUT2D eigenvalue weighted by molar-refractivity contribution is 0.660. The number of fused-ring (bicyclic) bond motifs is 5. The Morgan fingerprint density at radius 3 is 1.60 bits per heavy atom.